The first kappa shape index (κ1) is 12.6. The first-order chi connectivity index (χ1) is 8.38. The monoisotopic (exact) mass is 336 g/mol. The second-order valence-corrected chi connectivity index (χ2v) is 5.28. The highest BCUT2D eigenvalue weighted by molar-refractivity contribution is 14.1. The Labute approximate surface area is 117 Å². The summed E-state index contributed by atoms with van der Waals surface area (Å²) in [5.74, 6) is 0.736. The van der Waals surface area contributed by atoms with E-state index in [0.717, 1.165) is 5.92 Å². The molecule has 0 atom stereocenters. The molecule has 0 saturated carbocycles. The molecule has 2 aromatic rings. The van der Waals surface area contributed by atoms with Gasteiger partial charge < -0.3 is 0 Å². The van der Waals surface area contributed by atoms with Gasteiger partial charge >= 0.3 is 0 Å². The molecule has 17 heavy (non-hydrogen) atoms. The molecule has 0 N–H and O–H groups in total. The van der Waals surface area contributed by atoms with E-state index in [1.54, 1.807) is 0 Å². The van der Waals surface area contributed by atoms with Crippen LogP contribution in [-0.4, -0.2) is 4.43 Å². The zero-order chi connectivity index (χ0) is 11.9. The van der Waals surface area contributed by atoms with E-state index in [9.17, 15) is 0 Å². The van der Waals surface area contributed by atoms with E-state index in [0.29, 0.717) is 0 Å². The minimum atomic E-state index is 0.736. The Balaban J connectivity index is 1.98. The van der Waals surface area contributed by atoms with Crippen molar-refractivity contribution in [2.45, 2.75) is 12.8 Å². The van der Waals surface area contributed by atoms with Gasteiger partial charge in [0.15, 0.2) is 0 Å². The van der Waals surface area contributed by atoms with Gasteiger partial charge in [-0.3, -0.25) is 0 Å². The smallest absolute Gasteiger partial charge is 0.00300 e. The summed E-state index contributed by atoms with van der Waals surface area (Å²) in [7, 11) is 0. The molecule has 0 unspecified atom stereocenters. The fourth-order valence-corrected chi connectivity index (χ4v) is 2.70. The Hall–Kier alpha value is -0.830. The van der Waals surface area contributed by atoms with E-state index < -0.39 is 0 Å². The molecule has 0 spiro atoms. The summed E-state index contributed by atoms with van der Waals surface area (Å²) in [6.07, 6.45) is 2.36. The second-order valence-electron chi connectivity index (χ2n) is 4.40. The summed E-state index contributed by atoms with van der Waals surface area (Å²) in [6.45, 7) is 0. The number of rotatable bonds is 5. The molecule has 0 radical (unpaired) electrons. The third-order valence-electron chi connectivity index (χ3n) is 2.95. The number of hydrogen-bond donors (Lipinski definition) is 0. The predicted molar refractivity (Wildman–Crippen MR) is 82.7 cm³/mol. The van der Waals surface area contributed by atoms with Gasteiger partial charge in [0.05, 0.1) is 0 Å². The summed E-state index contributed by atoms with van der Waals surface area (Å²) in [5.41, 5.74) is 2.90. The summed E-state index contributed by atoms with van der Waals surface area (Å²) >= 11 is 2.50. The van der Waals surface area contributed by atoms with Gasteiger partial charge in [0.25, 0.3) is 0 Å². The Kier molecular flexibility index (Phi) is 5.05. The predicted octanol–water partition coefficient (Wildman–Crippen LogP) is 4.52. The molecule has 0 saturated heterocycles. The van der Waals surface area contributed by atoms with E-state index in [-0.39, 0.29) is 0 Å². The second kappa shape index (κ2) is 6.80. The maximum absolute atomic E-state index is 2.50. The fourth-order valence-electron chi connectivity index (χ4n) is 2.08. The van der Waals surface area contributed by atoms with Crippen molar-refractivity contribution in [3.05, 3.63) is 71.8 Å². The minimum Gasteiger partial charge on any atom is -0.0861 e. The van der Waals surface area contributed by atoms with Gasteiger partial charge in [-0.25, -0.2) is 0 Å². The van der Waals surface area contributed by atoms with E-state index in [4.69, 9.17) is 0 Å². The lowest BCUT2D eigenvalue weighted by Crippen LogP contribution is -2.09. The van der Waals surface area contributed by atoms with Crippen molar-refractivity contribution in [2.24, 2.45) is 5.92 Å². The molecule has 1 heteroatoms. The van der Waals surface area contributed by atoms with Crippen LogP contribution >= 0.6 is 22.6 Å². The van der Waals surface area contributed by atoms with Crippen LogP contribution in [0.3, 0.4) is 0 Å². The molecule has 0 aliphatic carbocycles. The standard InChI is InChI=1S/C16H17I/c17-13-16(11-14-7-3-1-4-8-14)12-15-9-5-2-6-10-15/h1-10,16H,11-13H2. The molecule has 0 aliphatic rings. The zero-order valence-electron chi connectivity index (χ0n) is 9.85. The van der Waals surface area contributed by atoms with Crippen LogP contribution in [0, 0.1) is 5.92 Å². The zero-order valence-corrected chi connectivity index (χ0v) is 12.0. The average Bonchev–Trinajstić information content (AvgIpc) is 2.40. The molecule has 0 nitrogen and oxygen atoms in total. The van der Waals surface area contributed by atoms with Crippen molar-refractivity contribution in [2.75, 3.05) is 4.43 Å². The Bertz CT molecular complexity index is 380. The van der Waals surface area contributed by atoms with Crippen molar-refractivity contribution in [3.63, 3.8) is 0 Å². The lowest BCUT2D eigenvalue weighted by atomic mass is 9.94. The minimum absolute atomic E-state index is 0.736. The van der Waals surface area contributed by atoms with Crippen molar-refractivity contribution in [1.82, 2.24) is 0 Å². The van der Waals surface area contributed by atoms with Gasteiger partial charge in [0.2, 0.25) is 0 Å². The highest BCUT2D eigenvalue weighted by atomic mass is 127. The quantitative estimate of drug-likeness (QED) is 0.556. The summed E-state index contributed by atoms with van der Waals surface area (Å²) in [5, 5.41) is 0. The molecule has 0 aromatic heterocycles. The maximum Gasteiger partial charge on any atom is 0.00300 e. The van der Waals surface area contributed by atoms with Crippen molar-refractivity contribution < 1.29 is 0 Å². The molecule has 0 aliphatic heterocycles. The van der Waals surface area contributed by atoms with Crippen LogP contribution < -0.4 is 0 Å². The number of benzene rings is 2. The van der Waals surface area contributed by atoms with E-state index in [1.807, 2.05) is 0 Å². The normalized spacial score (nSPS) is 10.7. The molecule has 2 rings (SSSR count). The van der Waals surface area contributed by atoms with E-state index in [2.05, 4.69) is 83.3 Å². The van der Waals surface area contributed by atoms with Crippen molar-refractivity contribution >= 4 is 22.6 Å². The number of halogens is 1. The molecular weight excluding hydrogens is 319 g/mol. The van der Waals surface area contributed by atoms with Gasteiger partial charge in [-0.1, -0.05) is 83.3 Å². The van der Waals surface area contributed by atoms with E-state index in [1.165, 1.54) is 28.4 Å². The maximum atomic E-state index is 2.50. The molecule has 0 fully saturated rings. The molecule has 2 aromatic carbocycles. The highest BCUT2D eigenvalue weighted by Crippen LogP contribution is 2.16. The molecular formula is C16H17I. The molecule has 0 amide bonds. The lowest BCUT2D eigenvalue weighted by molar-refractivity contribution is 0.596. The SMILES string of the molecule is ICC(Cc1ccccc1)Cc1ccccc1. The number of alkyl halides is 1. The lowest BCUT2D eigenvalue weighted by Gasteiger charge is -2.14. The highest BCUT2D eigenvalue weighted by Gasteiger charge is 2.08. The topological polar surface area (TPSA) is 0 Å². The fraction of sp³-hybridized carbons (Fsp3) is 0.250. The summed E-state index contributed by atoms with van der Waals surface area (Å²) in [6, 6.07) is 21.6. The van der Waals surface area contributed by atoms with Crippen LogP contribution in [-0.2, 0) is 12.8 Å². The third kappa shape index (κ3) is 4.15. The first-order valence-corrected chi connectivity index (χ1v) is 7.55. The van der Waals surface area contributed by atoms with Crippen molar-refractivity contribution in [1.29, 1.82) is 0 Å². The molecule has 0 bridgehead atoms. The van der Waals surface area contributed by atoms with Crippen LogP contribution in [0.5, 0.6) is 0 Å². The van der Waals surface area contributed by atoms with Gasteiger partial charge in [0.1, 0.15) is 0 Å². The van der Waals surface area contributed by atoms with Crippen LogP contribution in [0.25, 0.3) is 0 Å². The van der Waals surface area contributed by atoms with Crippen LogP contribution in [0.15, 0.2) is 60.7 Å². The number of hydrogen-bond acceptors (Lipinski definition) is 0. The summed E-state index contributed by atoms with van der Waals surface area (Å²) in [4.78, 5) is 0. The van der Waals surface area contributed by atoms with Gasteiger partial charge in [0, 0.05) is 4.43 Å². The van der Waals surface area contributed by atoms with Crippen molar-refractivity contribution in [3.8, 4) is 0 Å². The van der Waals surface area contributed by atoms with Gasteiger partial charge in [-0.05, 0) is 29.9 Å². The third-order valence-corrected chi connectivity index (χ3v) is 4.20. The molecule has 0 heterocycles. The summed E-state index contributed by atoms with van der Waals surface area (Å²) < 4.78 is 1.21. The van der Waals surface area contributed by atoms with Crippen LogP contribution in [0.2, 0.25) is 0 Å². The largest absolute Gasteiger partial charge is 0.0861 e. The average molecular weight is 336 g/mol. The van der Waals surface area contributed by atoms with E-state index >= 15 is 0 Å². The first-order valence-electron chi connectivity index (χ1n) is 6.02. The van der Waals surface area contributed by atoms with Gasteiger partial charge in [-0.15, -0.1) is 0 Å². The Morgan fingerprint density at radius 2 is 1.12 bits per heavy atom. The molecule has 88 valence electrons. The van der Waals surface area contributed by atoms with Crippen LogP contribution in [0.1, 0.15) is 11.1 Å². The Morgan fingerprint density at radius 3 is 1.47 bits per heavy atom. The Morgan fingerprint density at radius 1 is 0.706 bits per heavy atom. The van der Waals surface area contributed by atoms with Crippen LogP contribution in [0.4, 0.5) is 0 Å². The van der Waals surface area contributed by atoms with Gasteiger partial charge in [-0.2, -0.15) is 0 Å².